The number of H-pyrrole nitrogens is 1. The second-order valence-corrected chi connectivity index (χ2v) is 8.54. The van der Waals surface area contributed by atoms with Crippen LogP contribution in [0.2, 0.25) is 0 Å². The number of rotatable bonds is 1. The van der Waals surface area contributed by atoms with Crippen molar-refractivity contribution in [2.75, 3.05) is 32.0 Å². The van der Waals surface area contributed by atoms with Gasteiger partial charge in [-0.05, 0) is 30.0 Å². The average molecular weight is 431 g/mol. The Morgan fingerprint density at radius 2 is 1.68 bits per heavy atom. The Morgan fingerprint density at radius 1 is 1.03 bits per heavy atom. The molecule has 9 heteroatoms. The molecule has 0 radical (unpaired) electrons. The van der Waals surface area contributed by atoms with Crippen LogP contribution in [0.4, 0.5) is 19.0 Å². The number of alkyl halides is 3. The van der Waals surface area contributed by atoms with Gasteiger partial charge in [-0.15, -0.1) is 0 Å². The van der Waals surface area contributed by atoms with E-state index in [1.165, 1.54) is 25.9 Å². The van der Waals surface area contributed by atoms with Crippen molar-refractivity contribution in [3.8, 4) is 0 Å². The third-order valence-corrected chi connectivity index (χ3v) is 6.58. The summed E-state index contributed by atoms with van der Waals surface area (Å²) in [4.78, 5) is 12.1. The first kappa shape index (κ1) is 20.3. The molecule has 0 saturated carbocycles. The van der Waals surface area contributed by atoms with Gasteiger partial charge in [-0.3, -0.25) is 4.90 Å². The van der Waals surface area contributed by atoms with Gasteiger partial charge in [-0.25, -0.2) is 9.97 Å². The predicted molar refractivity (Wildman–Crippen MR) is 110 cm³/mol. The summed E-state index contributed by atoms with van der Waals surface area (Å²) in [6.07, 6.45) is -0.797. The van der Waals surface area contributed by atoms with Gasteiger partial charge in [-0.1, -0.05) is 24.3 Å². The Morgan fingerprint density at radius 3 is 2.26 bits per heavy atom. The lowest BCUT2D eigenvalue weighted by Gasteiger charge is -2.24. The first-order chi connectivity index (χ1) is 14.9. The maximum absolute atomic E-state index is 12.2. The van der Waals surface area contributed by atoms with Crippen LogP contribution in [0.25, 0.3) is 11.0 Å². The molecule has 0 spiro atoms. The Kier molecular flexibility index (Phi) is 5.10. The maximum atomic E-state index is 12.2. The highest BCUT2D eigenvalue weighted by molar-refractivity contribution is 5.86. The molecular weight excluding hydrogens is 407 g/mol. The fraction of sp³-hybridized carbons (Fsp3) is 0.455. The quantitative estimate of drug-likeness (QED) is 0.618. The van der Waals surface area contributed by atoms with Gasteiger partial charge in [-0.2, -0.15) is 13.2 Å². The minimum atomic E-state index is -4.42. The number of likely N-dealkylation sites (tertiary alicyclic amines) is 1. The molecule has 0 bridgehead atoms. The highest BCUT2D eigenvalue weighted by Gasteiger charge is 2.40. The van der Waals surface area contributed by atoms with E-state index in [1.807, 2.05) is 0 Å². The normalized spacial score (nSPS) is 23.6. The van der Waals surface area contributed by atoms with Crippen LogP contribution in [0.1, 0.15) is 16.8 Å². The summed E-state index contributed by atoms with van der Waals surface area (Å²) in [6, 6.07) is 10.6. The topological polar surface area (TPSA) is 80.1 Å². The van der Waals surface area contributed by atoms with E-state index in [9.17, 15) is 13.2 Å². The minimum Gasteiger partial charge on any atom is -0.383 e. The smallest absolute Gasteiger partial charge is 0.383 e. The summed E-state index contributed by atoms with van der Waals surface area (Å²) in [5, 5.41) is 0.180. The van der Waals surface area contributed by atoms with Crippen molar-refractivity contribution >= 4 is 16.9 Å². The van der Waals surface area contributed by atoms with Crippen molar-refractivity contribution in [3.63, 3.8) is 0 Å². The van der Waals surface area contributed by atoms with E-state index in [4.69, 9.17) is 10.5 Å². The van der Waals surface area contributed by atoms with E-state index >= 15 is 0 Å². The van der Waals surface area contributed by atoms with Crippen molar-refractivity contribution in [1.29, 1.82) is 0 Å². The van der Waals surface area contributed by atoms with Crippen LogP contribution in [0, 0.1) is 11.8 Å². The van der Waals surface area contributed by atoms with Gasteiger partial charge < -0.3 is 15.5 Å². The lowest BCUT2D eigenvalue weighted by Crippen LogP contribution is -2.35. The van der Waals surface area contributed by atoms with E-state index < -0.39 is 11.9 Å². The van der Waals surface area contributed by atoms with Gasteiger partial charge in [0.25, 0.3) is 0 Å². The van der Waals surface area contributed by atoms with E-state index in [0.717, 1.165) is 43.5 Å². The Bertz CT molecular complexity index is 1050. The first-order valence-electron chi connectivity index (χ1n) is 10.4. The molecule has 6 nitrogen and oxygen atoms in total. The minimum absolute atomic E-state index is 0.0294. The summed E-state index contributed by atoms with van der Waals surface area (Å²) in [6.45, 7) is 4.54. The third-order valence-electron chi connectivity index (χ3n) is 6.58. The average Bonchev–Trinajstić information content (AvgIpc) is 3.48. The number of aromatic amines is 1. The van der Waals surface area contributed by atoms with Gasteiger partial charge >= 0.3 is 6.18 Å². The van der Waals surface area contributed by atoms with Gasteiger partial charge in [0.1, 0.15) is 23.5 Å². The number of anilines is 1. The van der Waals surface area contributed by atoms with Crippen LogP contribution in [0.3, 0.4) is 0 Å². The van der Waals surface area contributed by atoms with Crippen molar-refractivity contribution < 1.29 is 17.9 Å². The van der Waals surface area contributed by atoms with Crippen molar-refractivity contribution in [3.05, 3.63) is 53.5 Å². The maximum Gasteiger partial charge on any atom is 0.431 e. The molecular formula is C22H24F3N5O. The van der Waals surface area contributed by atoms with Crippen LogP contribution in [-0.2, 0) is 23.8 Å². The molecule has 4 heterocycles. The van der Waals surface area contributed by atoms with Crippen LogP contribution in [0.15, 0.2) is 36.7 Å². The number of halogens is 3. The lowest BCUT2D eigenvalue weighted by molar-refractivity contribution is -0.140. The predicted octanol–water partition coefficient (Wildman–Crippen LogP) is 3.29. The molecule has 3 N–H and O–H groups in total. The van der Waals surface area contributed by atoms with Gasteiger partial charge in [0.05, 0.1) is 18.6 Å². The number of hydrogen-bond acceptors (Lipinski definition) is 5. The molecule has 1 aliphatic carbocycles. The number of benzene rings is 1. The Balaban J connectivity index is 0.000000135. The summed E-state index contributed by atoms with van der Waals surface area (Å²) in [7, 11) is 0. The summed E-state index contributed by atoms with van der Waals surface area (Å²) in [5.74, 6) is 1.67. The number of fused-ring (bicyclic) bond motifs is 3. The Labute approximate surface area is 177 Å². The zero-order chi connectivity index (χ0) is 21.6. The van der Waals surface area contributed by atoms with Gasteiger partial charge in [0.15, 0.2) is 0 Å². The molecule has 0 amide bonds. The second-order valence-electron chi connectivity index (χ2n) is 8.54. The summed E-state index contributed by atoms with van der Waals surface area (Å²) < 4.78 is 42.3. The summed E-state index contributed by atoms with van der Waals surface area (Å²) in [5.41, 5.74) is 7.74. The number of hydrogen-bond donors (Lipinski definition) is 2. The molecule has 2 saturated heterocycles. The van der Waals surface area contributed by atoms with Crippen molar-refractivity contribution in [2.24, 2.45) is 11.8 Å². The summed E-state index contributed by atoms with van der Waals surface area (Å²) >= 11 is 0. The van der Waals surface area contributed by atoms with Crippen LogP contribution in [0.5, 0.6) is 0 Å². The number of nitrogen functional groups attached to an aromatic ring is 1. The largest absolute Gasteiger partial charge is 0.431 e. The molecule has 2 atom stereocenters. The van der Waals surface area contributed by atoms with Crippen LogP contribution >= 0.6 is 0 Å². The first-order valence-corrected chi connectivity index (χ1v) is 10.4. The number of ether oxygens (including phenoxy) is 1. The number of aromatic nitrogens is 3. The SMILES string of the molecule is Nc1ncnc2[nH]c(C(F)(F)F)cc12.c1ccc2c(c1)CC(N1CC3COC[C@H]3C1)C2. The second kappa shape index (κ2) is 7.80. The number of nitrogens with one attached hydrogen (secondary N) is 1. The van der Waals surface area contributed by atoms with Gasteiger partial charge in [0.2, 0.25) is 0 Å². The fourth-order valence-corrected chi connectivity index (χ4v) is 4.93. The highest BCUT2D eigenvalue weighted by Crippen LogP contribution is 2.34. The molecule has 31 heavy (non-hydrogen) atoms. The molecule has 3 aliphatic rings. The zero-order valence-electron chi connectivity index (χ0n) is 16.9. The zero-order valence-corrected chi connectivity index (χ0v) is 16.9. The third kappa shape index (κ3) is 3.99. The van der Waals surface area contributed by atoms with E-state index in [1.54, 1.807) is 11.1 Å². The van der Waals surface area contributed by atoms with E-state index in [-0.39, 0.29) is 16.9 Å². The standard InChI is InChI=1S/C15H19NO.C7H5F3N4/c1-2-4-12-6-15(5-11(12)3-1)16-7-13-9-17-10-14(13)8-16;8-7(9,10)4-1-3-5(11)12-2-13-6(3)14-4/h1-4,13-15H,5-10H2;1-2H,(H3,11,12,13,14)/t13-,14?;/m1./s1. The van der Waals surface area contributed by atoms with E-state index in [0.29, 0.717) is 0 Å². The van der Waals surface area contributed by atoms with Crippen molar-refractivity contribution in [1.82, 2.24) is 19.9 Å². The van der Waals surface area contributed by atoms with Crippen LogP contribution in [-0.4, -0.2) is 52.2 Å². The van der Waals surface area contributed by atoms with E-state index in [2.05, 4.69) is 44.1 Å². The fourth-order valence-electron chi connectivity index (χ4n) is 4.93. The lowest BCUT2D eigenvalue weighted by atomic mass is 10.0. The Hall–Kier alpha value is -2.65. The molecule has 1 unspecified atom stereocenters. The molecule has 2 aromatic heterocycles. The molecule has 3 aromatic rings. The molecule has 6 rings (SSSR count). The van der Waals surface area contributed by atoms with Crippen molar-refractivity contribution in [2.45, 2.75) is 25.1 Å². The number of nitrogens with two attached hydrogens (primary N) is 1. The van der Waals surface area contributed by atoms with Crippen LogP contribution < -0.4 is 5.73 Å². The monoisotopic (exact) mass is 431 g/mol. The molecule has 2 aliphatic heterocycles. The molecule has 1 aromatic carbocycles. The van der Waals surface area contributed by atoms with Gasteiger partial charge in [0, 0.05) is 31.0 Å². The highest BCUT2D eigenvalue weighted by atomic mass is 19.4. The molecule has 2 fully saturated rings. The molecule has 164 valence electrons. The number of nitrogens with zero attached hydrogens (tertiary/aromatic N) is 3.